The number of nitrogens with one attached hydrogen (secondary N) is 1. The molecule has 0 saturated heterocycles. The molecule has 5 heteroatoms. The van der Waals surface area contributed by atoms with Gasteiger partial charge in [-0.25, -0.2) is 4.79 Å². The van der Waals surface area contributed by atoms with E-state index in [1.807, 2.05) is 0 Å². The van der Waals surface area contributed by atoms with E-state index in [2.05, 4.69) is 5.32 Å². The Bertz CT molecular complexity index is 405. The molecule has 0 amide bonds. The summed E-state index contributed by atoms with van der Waals surface area (Å²) < 4.78 is 10.5. The van der Waals surface area contributed by atoms with Crippen molar-refractivity contribution in [3.63, 3.8) is 0 Å². The minimum atomic E-state index is -1.09. The van der Waals surface area contributed by atoms with Crippen LogP contribution in [0, 0.1) is 0 Å². The second kappa shape index (κ2) is 2.23. The number of hydrogen-bond acceptors (Lipinski definition) is 4. The monoisotopic (exact) mass is 195 g/mol. The molecule has 74 valence electrons. The first kappa shape index (κ1) is 7.73. The minimum absolute atomic E-state index is 0.113. The van der Waals surface area contributed by atoms with E-state index in [0.29, 0.717) is 11.4 Å². The van der Waals surface area contributed by atoms with Gasteiger partial charge in [-0.1, -0.05) is 0 Å². The first-order chi connectivity index (χ1) is 6.70. The van der Waals surface area contributed by atoms with Crippen molar-refractivity contribution in [1.82, 2.24) is 0 Å². The molecule has 14 heavy (non-hydrogen) atoms. The lowest BCUT2D eigenvalue weighted by Crippen LogP contribution is -2.32. The number of ether oxygens (including phenoxy) is 1. The van der Waals surface area contributed by atoms with Gasteiger partial charge in [-0.15, -0.1) is 0 Å². The number of furan rings is 1. The Morgan fingerprint density at radius 3 is 3.00 bits per heavy atom. The molecule has 0 bridgehead atoms. The Kier molecular flexibility index (Phi) is 1.23. The van der Waals surface area contributed by atoms with Crippen molar-refractivity contribution in [3.8, 4) is 5.75 Å². The zero-order valence-corrected chi connectivity index (χ0v) is 7.37. The highest BCUT2D eigenvalue weighted by molar-refractivity contribution is 5.90. The van der Waals surface area contributed by atoms with Gasteiger partial charge in [0.15, 0.2) is 5.75 Å². The summed E-state index contributed by atoms with van der Waals surface area (Å²) in [5.41, 5.74) is 0.473. The van der Waals surface area contributed by atoms with Crippen molar-refractivity contribution < 1.29 is 19.1 Å². The highest BCUT2D eigenvalue weighted by atomic mass is 16.5. The second-order valence-corrected chi connectivity index (χ2v) is 3.75. The number of aromatic carboxylic acids is 1. The summed E-state index contributed by atoms with van der Waals surface area (Å²) in [6.07, 6.45) is 3.33. The molecular weight excluding hydrogens is 186 g/mol. The molecule has 5 nitrogen and oxygen atoms in total. The topological polar surface area (TPSA) is 71.7 Å². The van der Waals surface area contributed by atoms with Gasteiger partial charge in [0.05, 0.1) is 6.54 Å². The molecule has 0 radical (unpaired) electrons. The minimum Gasteiger partial charge on any atom is -0.479 e. The van der Waals surface area contributed by atoms with E-state index >= 15 is 0 Å². The molecule has 3 rings (SSSR count). The molecule has 1 aromatic heterocycles. The van der Waals surface area contributed by atoms with Crippen LogP contribution in [0.2, 0.25) is 0 Å². The standard InChI is InChI=1S/C9H9NO4/c11-8(12)7-6-5(3-13-7)10-4-9(14-6)1-2-9/h3,10H,1-2,4H2,(H,11,12). The smallest absolute Gasteiger partial charge is 0.375 e. The van der Waals surface area contributed by atoms with Crippen molar-refractivity contribution in [2.24, 2.45) is 0 Å². The summed E-state index contributed by atoms with van der Waals surface area (Å²) in [7, 11) is 0. The van der Waals surface area contributed by atoms with Crippen LogP contribution in [-0.2, 0) is 0 Å². The van der Waals surface area contributed by atoms with Crippen LogP contribution < -0.4 is 10.1 Å². The molecule has 0 aromatic carbocycles. The fourth-order valence-corrected chi connectivity index (χ4v) is 1.65. The summed E-state index contributed by atoms with van der Waals surface area (Å²) in [4.78, 5) is 10.8. The predicted octanol–water partition coefficient (Wildman–Crippen LogP) is 1.31. The molecule has 0 unspecified atom stereocenters. The first-order valence-corrected chi connectivity index (χ1v) is 4.48. The third-order valence-corrected chi connectivity index (χ3v) is 2.67. The summed E-state index contributed by atoms with van der Waals surface area (Å²) in [6, 6.07) is 0. The lowest BCUT2D eigenvalue weighted by molar-refractivity contribution is 0.0650. The van der Waals surface area contributed by atoms with Crippen molar-refractivity contribution in [3.05, 3.63) is 12.0 Å². The number of anilines is 1. The number of rotatable bonds is 1. The van der Waals surface area contributed by atoms with Crippen LogP contribution in [0.25, 0.3) is 0 Å². The van der Waals surface area contributed by atoms with E-state index in [1.54, 1.807) is 0 Å². The van der Waals surface area contributed by atoms with Crippen LogP contribution in [0.3, 0.4) is 0 Å². The van der Waals surface area contributed by atoms with Gasteiger partial charge in [0.1, 0.15) is 17.6 Å². The SMILES string of the molecule is O=C(O)c1occ2c1OC1(CC1)CN2. The van der Waals surface area contributed by atoms with Gasteiger partial charge in [-0.3, -0.25) is 0 Å². The molecule has 1 aliphatic carbocycles. The van der Waals surface area contributed by atoms with Crippen LogP contribution in [0.1, 0.15) is 23.4 Å². The van der Waals surface area contributed by atoms with Gasteiger partial charge in [0.2, 0.25) is 0 Å². The quantitative estimate of drug-likeness (QED) is 0.707. The van der Waals surface area contributed by atoms with Gasteiger partial charge < -0.3 is 19.6 Å². The number of carboxylic acids is 1. The average molecular weight is 195 g/mol. The molecule has 1 spiro atoms. The summed E-state index contributed by atoms with van der Waals surface area (Å²) in [5.74, 6) is -0.856. The van der Waals surface area contributed by atoms with E-state index in [-0.39, 0.29) is 11.4 Å². The Morgan fingerprint density at radius 2 is 2.36 bits per heavy atom. The van der Waals surface area contributed by atoms with Crippen LogP contribution in [0.15, 0.2) is 10.7 Å². The third kappa shape index (κ3) is 0.921. The van der Waals surface area contributed by atoms with Crippen molar-refractivity contribution in [2.45, 2.75) is 18.4 Å². The molecule has 1 aliphatic heterocycles. The number of hydrogen-bond donors (Lipinski definition) is 2. The Balaban J connectivity index is 2.03. The highest BCUT2D eigenvalue weighted by Gasteiger charge is 2.49. The van der Waals surface area contributed by atoms with Gasteiger partial charge >= 0.3 is 5.97 Å². The van der Waals surface area contributed by atoms with Crippen LogP contribution in [-0.4, -0.2) is 23.2 Å². The van der Waals surface area contributed by atoms with Crippen molar-refractivity contribution in [2.75, 3.05) is 11.9 Å². The maximum Gasteiger partial charge on any atom is 0.375 e. The molecule has 2 N–H and O–H groups in total. The number of carbonyl (C=O) groups is 1. The first-order valence-electron chi connectivity index (χ1n) is 4.48. The van der Waals surface area contributed by atoms with Gasteiger partial charge in [0, 0.05) is 0 Å². The molecule has 2 heterocycles. The molecule has 0 atom stereocenters. The zero-order chi connectivity index (χ0) is 9.76. The maximum atomic E-state index is 10.8. The second-order valence-electron chi connectivity index (χ2n) is 3.75. The third-order valence-electron chi connectivity index (χ3n) is 2.67. The Labute approximate surface area is 79.7 Å². The average Bonchev–Trinajstić information content (AvgIpc) is 2.77. The summed E-state index contributed by atoms with van der Waals surface area (Å²) in [6.45, 7) is 0.735. The summed E-state index contributed by atoms with van der Waals surface area (Å²) >= 11 is 0. The van der Waals surface area contributed by atoms with E-state index in [9.17, 15) is 4.79 Å². The van der Waals surface area contributed by atoms with Crippen molar-refractivity contribution >= 4 is 11.7 Å². The van der Waals surface area contributed by atoms with Crippen LogP contribution >= 0.6 is 0 Å². The van der Waals surface area contributed by atoms with Crippen LogP contribution in [0.5, 0.6) is 5.75 Å². The van der Waals surface area contributed by atoms with E-state index in [1.165, 1.54) is 6.26 Å². The fourth-order valence-electron chi connectivity index (χ4n) is 1.65. The van der Waals surface area contributed by atoms with Gasteiger partial charge in [-0.05, 0) is 12.8 Å². The van der Waals surface area contributed by atoms with Gasteiger partial charge in [-0.2, -0.15) is 0 Å². The number of carboxylic acid groups (broad SMARTS) is 1. The fraction of sp³-hybridized carbons (Fsp3) is 0.444. The molecular formula is C9H9NO4. The normalized spacial score (nSPS) is 20.9. The van der Waals surface area contributed by atoms with Crippen LogP contribution in [0.4, 0.5) is 5.69 Å². The molecule has 1 aromatic rings. The van der Waals surface area contributed by atoms with E-state index in [4.69, 9.17) is 14.3 Å². The lowest BCUT2D eigenvalue weighted by atomic mass is 10.2. The largest absolute Gasteiger partial charge is 0.479 e. The van der Waals surface area contributed by atoms with Crippen molar-refractivity contribution in [1.29, 1.82) is 0 Å². The van der Waals surface area contributed by atoms with E-state index in [0.717, 1.165) is 19.4 Å². The van der Waals surface area contributed by atoms with E-state index < -0.39 is 5.97 Å². The molecule has 1 fully saturated rings. The zero-order valence-electron chi connectivity index (χ0n) is 7.37. The maximum absolute atomic E-state index is 10.8. The predicted molar refractivity (Wildman–Crippen MR) is 46.8 cm³/mol. The lowest BCUT2D eigenvalue weighted by Gasteiger charge is -2.24. The number of fused-ring (bicyclic) bond motifs is 1. The summed E-state index contributed by atoms with van der Waals surface area (Å²) in [5, 5.41) is 11.9. The van der Waals surface area contributed by atoms with Gasteiger partial charge in [0.25, 0.3) is 5.76 Å². The molecule has 1 saturated carbocycles. The highest BCUT2D eigenvalue weighted by Crippen LogP contribution is 2.47. The molecule has 2 aliphatic rings. The Hall–Kier alpha value is -1.65. The Morgan fingerprint density at radius 1 is 1.57 bits per heavy atom.